The van der Waals surface area contributed by atoms with Crippen molar-refractivity contribution in [2.45, 2.75) is 24.8 Å². The highest BCUT2D eigenvalue weighted by Gasteiger charge is 2.04. The Labute approximate surface area is 162 Å². The maximum Gasteiger partial charge on any atom is 0.209 e. The van der Waals surface area contributed by atoms with Gasteiger partial charge in [-0.25, -0.2) is 4.98 Å². The minimum absolute atomic E-state index is 0.653. The molecule has 0 unspecified atom stereocenters. The van der Waals surface area contributed by atoms with Crippen LogP contribution in [0.15, 0.2) is 59.9 Å². The Bertz CT molecular complexity index is 893. The number of hydrogen-bond donors (Lipinski definition) is 1. The molecule has 0 atom stereocenters. The van der Waals surface area contributed by atoms with E-state index in [0.29, 0.717) is 5.16 Å². The molecule has 0 saturated heterocycles. The molecule has 1 N–H and O–H groups in total. The zero-order valence-electron chi connectivity index (χ0n) is 14.6. The fourth-order valence-electron chi connectivity index (χ4n) is 2.19. The van der Waals surface area contributed by atoms with E-state index in [1.165, 1.54) is 11.1 Å². The number of nitrogens with one attached hydrogen (secondary N) is 1. The van der Waals surface area contributed by atoms with Crippen LogP contribution in [-0.4, -0.2) is 15.2 Å². The number of hydrogen-bond acceptors (Lipinski definition) is 5. The number of benzene rings is 2. The first kappa shape index (κ1) is 18.4. The van der Waals surface area contributed by atoms with Crippen molar-refractivity contribution in [3.63, 3.8) is 0 Å². The van der Waals surface area contributed by atoms with Gasteiger partial charge in [0.25, 0.3) is 0 Å². The first-order valence-electron chi connectivity index (χ1n) is 8.18. The van der Waals surface area contributed by atoms with Crippen molar-refractivity contribution in [3.8, 4) is 0 Å². The van der Waals surface area contributed by atoms with Crippen molar-refractivity contribution in [2.75, 3.05) is 5.32 Å². The summed E-state index contributed by atoms with van der Waals surface area (Å²) in [4.78, 5) is 4.59. The topological polar surface area (TPSA) is 50.7 Å². The summed E-state index contributed by atoms with van der Waals surface area (Å²) in [6.07, 6.45) is 3.78. The molecule has 3 aromatic rings. The van der Waals surface area contributed by atoms with Gasteiger partial charge in [-0.15, -0.1) is 5.10 Å². The maximum absolute atomic E-state index is 5.91. The molecule has 2 aromatic carbocycles. The van der Waals surface area contributed by atoms with Crippen LogP contribution in [0.5, 0.6) is 0 Å². The van der Waals surface area contributed by atoms with E-state index in [-0.39, 0.29) is 0 Å². The van der Waals surface area contributed by atoms with Gasteiger partial charge in [-0.05, 0) is 49.8 Å². The van der Waals surface area contributed by atoms with Gasteiger partial charge in [0.15, 0.2) is 0 Å². The molecule has 0 bridgehead atoms. The molecule has 1 heterocycles. The molecular formula is C20H19ClN4S. The fraction of sp³-hybridized carbons (Fsp3) is 0.150. The van der Waals surface area contributed by atoms with Crippen LogP contribution in [0, 0.1) is 13.8 Å². The SMILES string of the molecule is Cc1ccc(N/C=C/c2nc(SCc3ccc(Cl)cc3)nnc2C)cc1. The molecule has 6 heteroatoms. The molecule has 3 rings (SSSR count). The second-order valence-electron chi connectivity index (χ2n) is 5.82. The standard InChI is InChI=1S/C20H19ClN4S/c1-14-3-9-18(10-4-14)22-12-11-19-15(2)24-25-20(23-19)26-13-16-5-7-17(21)8-6-16/h3-12,22H,13H2,1-2H3/b12-11+. The maximum atomic E-state index is 5.91. The van der Waals surface area contributed by atoms with Crippen molar-refractivity contribution in [1.29, 1.82) is 0 Å². The summed E-state index contributed by atoms with van der Waals surface area (Å²) in [5.74, 6) is 0.771. The number of anilines is 1. The Kier molecular flexibility index (Phi) is 6.26. The van der Waals surface area contributed by atoms with Gasteiger partial charge in [-0.1, -0.05) is 53.2 Å². The second-order valence-corrected chi connectivity index (χ2v) is 7.20. The quantitative estimate of drug-likeness (QED) is 0.569. The lowest BCUT2D eigenvalue weighted by molar-refractivity contribution is 0.806. The summed E-state index contributed by atoms with van der Waals surface area (Å²) in [7, 11) is 0. The first-order valence-corrected chi connectivity index (χ1v) is 9.55. The number of halogens is 1. The van der Waals surface area contributed by atoms with Crippen LogP contribution in [0.25, 0.3) is 6.08 Å². The predicted molar refractivity (Wildman–Crippen MR) is 109 cm³/mol. The highest BCUT2D eigenvalue weighted by atomic mass is 35.5. The molecule has 4 nitrogen and oxygen atoms in total. The second kappa shape index (κ2) is 8.83. The number of nitrogens with zero attached hydrogens (tertiary/aromatic N) is 3. The first-order chi connectivity index (χ1) is 12.6. The van der Waals surface area contributed by atoms with Crippen molar-refractivity contribution < 1.29 is 0 Å². The lowest BCUT2D eigenvalue weighted by Gasteiger charge is -2.04. The van der Waals surface area contributed by atoms with E-state index in [9.17, 15) is 0 Å². The summed E-state index contributed by atoms with van der Waals surface area (Å²) in [6, 6.07) is 16.0. The molecule has 0 amide bonds. The van der Waals surface area contributed by atoms with Gasteiger partial charge in [-0.2, -0.15) is 5.10 Å². The van der Waals surface area contributed by atoms with E-state index in [1.807, 2.05) is 55.6 Å². The average Bonchev–Trinajstić information content (AvgIpc) is 2.65. The third kappa shape index (κ3) is 5.31. The van der Waals surface area contributed by atoms with Crippen LogP contribution in [-0.2, 0) is 5.75 Å². The van der Waals surface area contributed by atoms with Crippen LogP contribution in [0.2, 0.25) is 5.02 Å². The molecular weight excluding hydrogens is 364 g/mol. The van der Waals surface area contributed by atoms with E-state index in [0.717, 1.165) is 27.9 Å². The zero-order valence-corrected chi connectivity index (χ0v) is 16.2. The molecule has 0 aliphatic rings. The number of rotatable bonds is 6. The number of aryl methyl sites for hydroxylation is 2. The lowest BCUT2D eigenvalue weighted by Crippen LogP contribution is -1.99. The largest absolute Gasteiger partial charge is 0.362 e. The van der Waals surface area contributed by atoms with E-state index >= 15 is 0 Å². The van der Waals surface area contributed by atoms with Crippen molar-refractivity contribution in [2.24, 2.45) is 0 Å². The van der Waals surface area contributed by atoms with Crippen LogP contribution in [0.4, 0.5) is 5.69 Å². The minimum Gasteiger partial charge on any atom is -0.362 e. The highest BCUT2D eigenvalue weighted by molar-refractivity contribution is 7.98. The van der Waals surface area contributed by atoms with Crippen molar-refractivity contribution in [1.82, 2.24) is 15.2 Å². The molecule has 1 aromatic heterocycles. The predicted octanol–water partition coefficient (Wildman–Crippen LogP) is 5.52. The summed E-state index contributed by atoms with van der Waals surface area (Å²) in [5.41, 5.74) is 5.03. The molecule has 132 valence electrons. The molecule has 26 heavy (non-hydrogen) atoms. The smallest absolute Gasteiger partial charge is 0.209 e. The van der Waals surface area contributed by atoms with Gasteiger partial charge in [0.2, 0.25) is 5.16 Å². The van der Waals surface area contributed by atoms with Crippen LogP contribution in [0.3, 0.4) is 0 Å². The Morgan fingerprint density at radius 3 is 2.46 bits per heavy atom. The van der Waals surface area contributed by atoms with Gasteiger partial charge in [0, 0.05) is 22.7 Å². The fourth-order valence-corrected chi connectivity index (χ4v) is 3.07. The zero-order chi connectivity index (χ0) is 18.4. The minimum atomic E-state index is 0.653. The Morgan fingerprint density at radius 2 is 1.73 bits per heavy atom. The van der Waals surface area contributed by atoms with Gasteiger partial charge in [0.1, 0.15) is 0 Å². The van der Waals surface area contributed by atoms with Crippen molar-refractivity contribution >= 4 is 35.1 Å². The highest BCUT2D eigenvalue weighted by Crippen LogP contribution is 2.21. The van der Waals surface area contributed by atoms with E-state index < -0.39 is 0 Å². The van der Waals surface area contributed by atoms with E-state index in [2.05, 4.69) is 39.6 Å². The van der Waals surface area contributed by atoms with Gasteiger partial charge >= 0.3 is 0 Å². The molecule has 0 fully saturated rings. The molecule has 0 aliphatic carbocycles. The Balaban J connectivity index is 1.64. The third-order valence-electron chi connectivity index (χ3n) is 3.70. The van der Waals surface area contributed by atoms with Crippen LogP contribution < -0.4 is 5.32 Å². The lowest BCUT2D eigenvalue weighted by atomic mass is 10.2. The van der Waals surface area contributed by atoms with E-state index in [1.54, 1.807) is 11.8 Å². The summed E-state index contributed by atoms with van der Waals surface area (Å²) in [5, 5.41) is 13.0. The molecule has 0 saturated carbocycles. The number of thioether (sulfide) groups is 1. The molecule has 0 radical (unpaired) electrons. The van der Waals surface area contributed by atoms with Crippen LogP contribution in [0.1, 0.15) is 22.5 Å². The van der Waals surface area contributed by atoms with Gasteiger partial charge < -0.3 is 5.32 Å². The monoisotopic (exact) mass is 382 g/mol. The Morgan fingerprint density at radius 1 is 1.00 bits per heavy atom. The molecule has 0 spiro atoms. The van der Waals surface area contributed by atoms with Crippen LogP contribution >= 0.6 is 23.4 Å². The molecule has 0 aliphatic heterocycles. The summed E-state index contributed by atoms with van der Waals surface area (Å²) < 4.78 is 0. The summed E-state index contributed by atoms with van der Waals surface area (Å²) >= 11 is 7.46. The number of aromatic nitrogens is 3. The van der Waals surface area contributed by atoms with Crippen molar-refractivity contribution in [3.05, 3.63) is 82.3 Å². The Hall–Kier alpha value is -2.37. The average molecular weight is 383 g/mol. The summed E-state index contributed by atoms with van der Waals surface area (Å²) in [6.45, 7) is 3.97. The third-order valence-corrected chi connectivity index (χ3v) is 4.86. The van der Waals surface area contributed by atoms with E-state index in [4.69, 9.17) is 11.6 Å². The van der Waals surface area contributed by atoms with Gasteiger partial charge in [0.05, 0.1) is 11.4 Å². The van der Waals surface area contributed by atoms with Gasteiger partial charge in [-0.3, -0.25) is 0 Å². The normalized spacial score (nSPS) is 11.0.